The van der Waals surface area contributed by atoms with Crippen molar-refractivity contribution >= 4 is 0 Å². The molecule has 0 aromatic heterocycles. The summed E-state index contributed by atoms with van der Waals surface area (Å²) in [5, 5.41) is 0. The van der Waals surface area contributed by atoms with Crippen LogP contribution in [0.2, 0.25) is 0 Å². The Morgan fingerprint density at radius 1 is 1.25 bits per heavy atom. The van der Waals surface area contributed by atoms with Crippen molar-refractivity contribution in [3.8, 4) is 0 Å². The number of likely N-dealkylation sites (tertiary alicyclic amines) is 1. The van der Waals surface area contributed by atoms with Gasteiger partial charge in [-0.25, -0.2) is 0 Å². The first kappa shape index (κ1) is 13.9. The molecule has 4 nitrogen and oxygen atoms in total. The van der Waals surface area contributed by atoms with Gasteiger partial charge in [0.1, 0.15) is 0 Å². The molecule has 4 heteroatoms. The van der Waals surface area contributed by atoms with Crippen LogP contribution in [0.25, 0.3) is 0 Å². The average Bonchev–Trinajstić information content (AvgIpc) is 2.28. The van der Waals surface area contributed by atoms with Gasteiger partial charge in [0.25, 0.3) is 0 Å². The maximum atomic E-state index is 5.97. The molecule has 0 aliphatic carbocycles. The Bertz CT molecular complexity index is 178. The standard InChI is InChI=1S/C12H26N2O2/c1-11-4-5-12(13)10-14(11)6-3-7-16-9-8-15-2/h11-12H,3-10,13H2,1-2H3. The molecular formula is C12H26N2O2. The van der Waals surface area contributed by atoms with Gasteiger partial charge in [-0.1, -0.05) is 0 Å². The maximum absolute atomic E-state index is 5.97. The quantitative estimate of drug-likeness (QED) is 0.659. The number of rotatable bonds is 7. The third kappa shape index (κ3) is 5.25. The van der Waals surface area contributed by atoms with Crippen molar-refractivity contribution < 1.29 is 9.47 Å². The van der Waals surface area contributed by atoms with E-state index in [1.54, 1.807) is 7.11 Å². The van der Waals surface area contributed by atoms with Gasteiger partial charge in [0.2, 0.25) is 0 Å². The highest BCUT2D eigenvalue weighted by Crippen LogP contribution is 2.15. The largest absolute Gasteiger partial charge is 0.382 e. The van der Waals surface area contributed by atoms with Crippen molar-refractivity contribution in [2.24, 2.45) is 5.73 Å². The number of hydrogen-bond acceptors (Lipinski definition) is 4. The summed E-state index contributed by atoms with van der Waals surface area (Å²) in [6, 6.07) is 1.05. The summed E-state index contributed by atoms with van der Waals surface area (Å²) in [4.78, 5) is 2.48. The van der Waals surface area contributed by atoms with Crippen LogP contribution in [-0.4, -0.2) is 57.0 Å². The molecule has 16 heavy (non-hydrogen) atoms. The molecule has 0 bridgehead atoms. The van der Waals surface area contributed by atoms with Crippen LogP contribution in [0, 0.1) is 0 Å². The predicted molar refractivity (Wildman–Crippen MR) is 65.6 cm³/mol. The molecule has 0 saturated carbocycles. The molecule has 0 spiro atoms. The molecule has 1 aliphatic rings. The van der Waals surface area contributed by atoms with Gasteiger partial charge < -0.3 is 15.2 Å². The van der Waals surface area contributed by atoms with Crippen LogP contribution < -0.4 is 5.73 Å². The van der Waals surface area contributed by atoms with E-state index in [2.05, 4.69) is 11.8 Å². The van der Waals surface area contributed by atoms with Crippen LogP contribution in [0.4, 0.5) is 0 Å². The topological polar surface area (TPSA) is 47.7 Å². The van der Waals surface area contributed by atoms with E-state index in [1.165, 1.54) is 12.8 Å². The molecule has 1 heterocycles. The van der Waals surface area contributed by atoms with E-state index in [0.717, 1.165) is 26.1 Å². The summed E-state index contributed by atoms with van der Waals surface area (Å²) in [7, 11) is 1.69. The van der Waals surface area contributed by atoms with Gasteiger partial charge in [-0.15, -0.1) is 0 Å². The zero-order valence-electron chi connectivity index (χ0n) is 10.7. The summed E-state index contributed by atoms with van der Waals surface area (Å²) in [5.74, 6) is 0. The molecule has 2 unspecified atom stereocenters. The minimum Gasteiger partial charge on any atom is -0.382 e. The van der Waals surface area contributed by atoms with Crippen LogP contribution in [0.3, 0.4) is 0 Å². The summed E-state index contributed by atoms with van der Waals surface area (Å²) in [5.41, 5.74) is 5.97. The predicted octanol–water partition coefficient (Wildman–Crippen LogP) is 0.851. The molecule has 0 amide bonds. The van der Waals surface area contributed by atoms with E-state index in [9.17, 15) is 0 Å². The van der Waals surface area contributed by atoms with Crippen molar-refractivity contribution in [1.82, 2.24) is 4.90 Å². The van der Waals surface area contributed by atoms with Crippen molar-refractivity contribution in [2.45, 2.75) is 38.3 Å². The number of methoxy groups -OCH3 is 1. The van der Waals surface area contributed by atoms with Crippen molar-refractivity contribution in [3.63, 3.8) is 0 Å². The average molecular weight is 230 g/mol. The molecule has 1 aliphatic heterocycles. The van der Waals surface area contributed by atoms with Crippen molar-refractivity contribution in [2.75, 3.05) is 40.0 Å². The van der Waals surface area contributed by atoms with Gasteiger partial charge in [-0.2, -0.15) is 0 Å². The fraction of sp³-hybridized carbons (Fsp3) is 1.00. The van der Waals surface area contributed by atoms with Gasteiger partial charge in [-0.3, -0.25) is 4.90 Å². The lowest BCUT2D eigenvalue weighted by molar-refractivity contribution is 0.0594. The van der Waals surface area contributed by atoms with Crippen LogP contribution >= 0.6 is 0 Å². The normalized spacial score (nSPS) is 27.2. The molecule has 2 N–H and O–H groups in total. The molecule has 1 saturated heterocycles. The first-order chi connectivity index (χ1) is 7.74. The van der Waals surface area contributed by atoms with E-state index in [4.69, 9.17) is 15.2 Å². The SMILES string of the molecule is COCCOCCCN1CC(N)CCC1C. The van der Waals surface area contributed by atoms with Gasteiger partial charge >= 0.3 is 0 Å². The highest BCUT2D eigenvalue weighted by molar-refractivity contribution is 4.80. The molecule has 2 atom stereocenters. The van der Waals surface area contributed by atoms with E-state index < -0.39 is 0 Å². The van der Waals surface area contributed by atoms with Gasteiger partial charge in [0.05, 0.1) is 13.2 Å². The van der Waals surface area contributed by atoms with Gasteiger partial charge in [0.15, 0.2) is 0 Å². The Kier molecular flexibility index (Phi) is 6.96. The summed E-state index contributed by atoms with van der Waals surface area (Å²) < 4.78 is 10.4. The second-order valence-corrected chi connectivity index (χ2v) is 4.64. The van der Waals surface area contributed by atoms with E-state index >= 15 is 0 Å². The molecule has 0 radical (unpaired) electrons. The summed E-state index contributed by atoms with van der Waals surface area (Å²) in [6.07, 6.45) is 3.48. The molecule has 96 valence electrons. The second kappa shape index (κ2) is 8.01. The first-order valence-corrected chi connectivity index (χ1v) is 6.30. The van der Waals surface area contributed by atoms with Gasteiger partial charge in [0, 0.05) is 38.9 Å². The zero-order chi connectivity index (χ0) is 11.8. The van der Waals surface area contributed by atoms with Crippen LogP contribution in [0.5, 0.6) is 0 Å². The Hall–Kier alpha value is -0.160. The molecule has 0 aromatic carbocycles. The fourth-order valence-electron chi connectivity index (χ4n) is 2.14. The Labute approximate surface area is 99.1 Å². The third-order valence-electron chi connectivity index (χ3n) is 3.21. The number of piperidine rings is 1. The Morgan fingerprint density at radius 3 is 2.81 bits per heavy atom. The van der Waals surface area contributed by atoms with Crippen LogP contribution in [0.15, 0.2) is 0 Å². The smallest absolute Gasteiger partial charge is 0.0700 e. The monoisotopic (exact) mass is 230 g/mol. The molecule has 1 rings (SSSR count). The highest BCUT2D eigenvalue weighted by Gasteiger charge is 2.22. The van der Waals surface area contributed by atoms with Crippen LogP contribution in [-0.2, 0) is 9.47 Å². The van der Waals surface area contributed by atoms with Crippen molar-refractivity contribution in [1.29, 1.82) is 0 Å². The lowest BCUT2D eigenvalue weighted by Gasteiger charge is -2.36. The lowest BCUT2D eigenvalue weighted by Crippen LogP contribution is -2.47. The van der Waals surface area contributed by atoms with E-state index in [1.807, 2.05) is 0 Å². The highest BCUT2D eigenvalue weighted by atomic mass is 16.5. The van der Waals surface area contributed by atoms with Gasteiger partial charge in [-0.05, 0) is 26.2 Å². The van der Waals surface area contributed by atoms with E-state index in [0.29, 0.717) is 25.3 Å². The number of nitrogens with two attached hydrogens (primary N) is 1. The number of nitrogens with zero attached hydrogens (tertiary/aromatic N) is 1. The minimum atomic E-state index is 0.366. The third-order valence-corrected chi connectivity index (χ3v) is 3.21. The maximum Gasteiger partial charge on any atom is 0.0700 e. The zero-order valence-corrected chi connectivity index (χ0v) is 10.7. The van der Waals surface area contributed by atoms with Crippen molar-refractivity contribution in [3.05, 3.63) is 0 Å². The number of ether oxygens (including phenoxy) is 2. The Balaban J connectivity index is 2.02. The Morgan fingerprint density at radius 2 is 2.06 bits per heavy atom. The fourth-order valence-corrected chi connectivity index (χ4v) is 2.14. The number of hydrogen-bond donors (Lipinski definition) is 1. The van der Waals surface area contributed by atoms with E-state index in [-0.39, 0.29) is 0 Å². The van der Waals surface area contributed by atoms with Crippen LogP contribution in [0.1, 0.15) is 26.2 Å². The minimum absolute atomic E-state index is 0.366. The molecule has 1 fully saturated rings. The summed E-state index contributed by atoms with van der Waals surface area (Å²) >= 11 is 0. The lowest BCUT2D eigenvalue weighted by atomic mass is 10.00. The summed E-state index contributed by atoms with van der Waals surface area (Å²) in [6.45, 7) is 6.64. The molecule has 0 aromatic rings. The first-order valence-electron chi connectivity index (χ1n) is 6.30. The molecular weight excluding hydrogens is 204 g/mol. The second-order valence-electron chi connectivity index (χ2n) is 4.64.